The average molecular weight is 914 g/mol. The first kappa shape index (κ1) is 54.2. The number of ketones is 3. The Bertz CT molecular complexity index is 1760. The first-order valence-electron chi connectivity index (χ1n) is 23.9. The van der Waals surface area contributed by atoms with Crippen molar-refractivity contribution in [2.75, 3.05) is 27.9 Å². The van der Waals surface area contributed by atoms with Crippen molar-refractivity contribution in [1.29, 1.82) is 0 Å². The van der Waals surface area contributed by atoms with Crippen LogP contribution in [0.4, 0.5) is 0 Å². The highest BCUT2D eigenvalue weighted by Gasteiger charge is 2.53. The van der Waals surface area contributed by atoms with E-state index in [1.165, 1.54) is 12.0 Å². The van der Waals surface area contributed by atoms with E-state index in [1.54, 1.807) is 41.1 Å². The summed E-state index contributed by atoms with van der Waals surface area (Å²) < 4.78 is 29.4. The Morgan fingerprint density at radius 2 is 1.57 bits per heavy atom. The third-order valence-corrected chi connectivity index (χ3v) is 14.5. The SMILES string of the molecule is CO[C@@H]1C[C@@H]2CC[C@@H](C)[C@@](O)(O2)C(=O)C(=O)N2CCCC[C@H]2C(=O)O[C@H]([C@H](C)C[C@@H]2CC[C@@H](O)[C@H](OC)C2)CC(=O)[C@H](C)/C=C(\C)[C@@H](O)[C@@H](OC)C(=O)[C@@H](C)C[C@H](C)/C=C/C=C/C=C/1C. The number of methoxy groups -OCH3 is 3. The van der Waals surface area contributed by atoms with Crippen LogP contribution in [0.15, 0.2) is 47.6 Å². The molecule has 0 spiro atoms. The van der Waals surface area contributed by atoms with Gasteiger partial charge in [0.15, 0.2) is 5.78 Å². The van der Waals surface area contributed by atoms with E-state index in [4.69, 9.17) is 23.7 Å². The van der Waals surface area contributed by atoms with E-state index in [0.29, 0.717) is 63.4 Å². The first-order chi connectivity index (χ1) is 30.7. The highest BCUT2D eigenvalue weighted by Crippen LogP contribution is 2.38. The third-order valence-electron chi connectivity index (χ3n) is 14.5. The number of hydrogen-bond donors (Lipinski definition) is 3. The van der Waals surface area contributed by atoms with Crippen molar-refractivity contribution in [3.8, 4) is 0 Å². The van der Waals surface area contributed by atoms with Crippen LogP contribution < -0.4 is 0 Å². The minimum Gasteiger partial charge on any atom is -0.460 e. The van der Waals surface area contributed by atoms with Gasteiger partial charge in [-0.2, -0.15) is 0 Å². The van der Waals surface area contributed by atoms with Gasteiger partial charge in [-0.15, -0.1) is 0 Å². The first-order valence-corrected chi connectivity index (χ1v) is 23.9. The fourth-order valence-corrected chi connectivity index (χ4v) is 10.1. The summed E-state index contributed by atoms with van der Waals surface area (Å²) in [6.07, 6.45) is 11.2. The highest BCUT2D eigenvalue weighted by molar-refractivity contribution is 6.39. The Kier molecular flexibility index (Phi) is 21.0. The van der Waals surface area contributed by atoms with Crippen LogP contribution in [0.1, 0.15) is 126 Å². The van der Waals surface area contributed by atoms with Gasteiger partial charge < -0.3 is 43.9 Å². The molecule has 0 aromatic carbocycles. The average Bonchev–Trinajstić information content (AvgIpc) is 3.28. The predicted octanol–water partition coefficient (Wildman–Crippen LogP) is 6.18. The Labute approximate surface area is 387 Å². The lowest BCUT2D eigenvalue weighted by molar-refractivity contribution is -0.265. The molecule has 4 rings (SSSR count). The van der Waals surface area contributed by atoms with Crippen molar-refractivity contribution >= 4 is 29.2 Å². The standard InChI is InChI=1S/C51H79NO13/c1-30-16-12-11-13-17-31(2)42(61-8)28-38-21-19-36(7)51(60,65-38)48(57)49(58)52-23-15-14-18-39(52)50(59)64-43(33(4)26-37-20-22-40(53)44(27-37)62-9)29-41(54)32(3)25-35(6)46(56)47(63-10)45(55)34(5)24-30/h11-13,16-17,25,30,32-34,36-40,42-44,46-47,53,56,60H,14-15,18-24,26-29H2,1-10H3/b13-11+,16-12+,31-17+,35-25+/t30-,32-,33-,34+,36-,37+,38+,39+,40-,42-,43+,44-,46-,47+,51-/m1/s1. The molecule has 15 atom stereocenters. The number of piperidine rings is 1. The number of esters is 1. The molecular weight excluding hydrogens is 835 g/mol. The number of Topliss-reactive ketones (excluding diaryl/α,β-unsaturated/α-hetero) is 3. The van der Waals surface area contributed by atoms with Gasteiger partial charge in [-0.3, -0.25) is 19.2 Å². The molecule has 2 bridgehead atoms. The molecule has 0 aromatic rings. The molecule has 2 saturated heterocycles. The molecule has 3 heterocycles. The smallest absolute Gasteiger partial charge is 0.329 e. The monoisotopic (exact) mass is 914 g/mol. The van der Waals surface area contributed by atoms with E-state index in [9.17, 15) is 39.3 Å². The zero-order chi connectivity index (χ0) is 48.2. The van der Waals surface area contributed by atoms with Crippen LogP contribution in [0.25, 0.3) is 0 Å². The van der Waals surface area contributed by atoms with Crippen molar-refractivity contribution in [3.05, 3.63) is 47.6 Å². The van der Waals surface area contributed by atoms with Crippen LogP contribution in [-0.4, -0.2) is 132 Å². The highest BCUT2D eigenvalue weighted by atomic mass is 16.6. The fraction of sp³-hybridized carbons (Fsp3) is 0.745. The number of cyclic esters (lactones) is 1. The lowest BCUT2D eigenvalue weighted by Gasteiger charge is -2.42. The number of allylic oxidation sites excluding steroid dienone is 6. The second-order valence-electron chi connectivity index (χ2n) is 19.6. The van der Waals surface area contributed by atoms with E-state index < -0.39 is 83.9 Å². The minimum atomic E-state index is -2.43. The zero-order valence-corrected chi connectivity index (χ0v) is 40.6. The second kappa shape index (κ2) is 25.1. The summed E-state index contributed by atoms with van der Waals surface area (Å²) in [6, 6.07) is -1.14. The molecule has 1 aliphatic carbocycles. The largest absolute Gasteiger partial charge is 0.460 e. The molecule has 1 amide bonds. The Morgan fingerprint density at radius 1 is 0.846 bits per heavy atom. The topological polar surface area (TPSA) is 195 Å². The molecule has 65 heavy (non-hydrogen) atoms. The number of fused-ring (bicyclic) bond motifs is 3. The van der Waals surface area contributed by atoms with Gasteiger partial charge in [0.05, 0.1) is 24.4 Å². The van der Waals surface area contributed by atoms with Gasteiger partial charge in [-0.1, -0.05) is 71.1 Å². The molecule has 0 radical (unpaired) electrons. The summed E-state index contributed by atoms with van der Waals surface area (Å²) in [5, 5.41) is 33.8. The van der Waals surface area contributed by atoms with Crippen molar-refractivity contribution in [1.82, 2.24) is 4.90 Å². The number of hydrogen-bond acceptors (Lipinski definition) is 13. The van der Waals surface area contributed by atoms with E-state index in [-0.39, 0.29) is 54.8 Å². The van der Waals surface area contributed by atoms with Crippen LogP contribution in [0, 0.1) is 35.5 Å². The maximum Gasteiger partial charge on any atom is 0.329 e. The quantitative estimate of drug-likeness (QED) is 0.156. The van der Waals surface area contributed by atoms with Crippen LogP contribution in [0.5, 0.6) is 0 Å². The van der Waals surface area contributed by atoms with Gasteiger partial charge in [0, 0.05) is 58.5 Å². The van der Waals surface area contributed by atoms with Crippen LogP contribution in [0.3, 0.4) is 0 Å². The van der Waals surface area contributed by atoms with Gasteiger partial charge in [0.1, 0.15) is 30.1 Å². The maximum absolute atomic E-state index is 14.4. The molecule has 366 valence electrons. The fourth-order valence-electron chi connectivity index (χ4n) is 10.1. The van der Waals surface area contributed by atoms with Crippen LogP contribution >= 0.6 is 0 Å². The molecule has 4 aliphatic rings. The zero-order valence-electron chi connectivity index (χ0n) is 40.6. The Hall–Kier alpha value is -3.37. The molecule has 0 aromatic heterocycles. The van der Waals surface area contributed by atoms with E-state index in [1.807, 2.05) is 58.1 Å². The van der Waals surface area contributed by atoms with Crippen molar-refractivity contribution in [2.24, 2.45) is 35.5 Å². The normalized spacial score (nSPS) is 40.4. The molecule has 1 saturated carbocycles. The van der Waals surface area contributed by atoms with Crippen molar-refractivity contribution in [2.45, 2.75) is 180 Å². The molecule has 3 N–H and O–H groups in total. The Balaban J connectivity index is 1.70. The number of aliphatic hydroxyl groups is 3. The molecule has 14 nitrogen and oxygen atoms in total. The van der Waals surface area contributed by atoms with E-state index in [2.05, 4.69) is 0 Å². The predicted molar refractivity (Wildman–Crippen MR) is 245 cm³/mol. The number of carbonyl (C=O) groups excluding carboxylic acids is 5. The maximum atomic E-state index is 14.4. The number of rotatable bonds is 6. The number of ether oxygens (including phenoxy) is 5. The number of carbonyl (C=O) groups is 5. The molecule has 14 heteroatoms. The molecule has 0 unspecified atom stereocenters. The molecule has 3 aliphatic heterocycles. The number of nitrogens with zero attached hydrogens (tertiary/aromatic N) is 1. The van der Waals surface area contributed by atoms with Crippen LogP contribution in [0.2, 0.25) is 0 Å². The lowest BCUT2D eigenvalue weighted by Crippen LogP contribution is -2.61. The van der Waals surface area contributed by atoms with Gasteiger partial charge in [-0.25, -0.2) is 4.79 Å². The summed E-state index contributed by atoms with van der Waals surface area (Å²) in [5.41, 5.74) is 1.27. The second-order valence-corrected chi connectivity index (χ2v) is 19.6. The minimum absolute atomic E-state index is 0.0193. The molecular formula is C51H79NO13. The van der Waals surface area contributed by atoms with Crippen LogP contribution in [-0.2, 0) is 47.7 Å². The van der Waals surface area contributed by atoms with Gasteiger partial charge >= 0.3 is 5.97 Å². The lowest BCUT2D eigenvalue weighted by atomic mass is 9.78. The summed E-state index contributed by atoms with van der Waals surface area (Å²) >= 11 is 0. The summed E-state index contributed by atoms with van der Waals surface area (Å²) in [5.74, 6) is -7.96. The van der Waals surface area contributed by atoms with Gasteiger partial charge in [-0.05, 0) is 107 Å². The number of amides is 1. The number of aliphatic hydroxyl groups excluding tert-OH is 2. The van der Waals surface area contributed by atoms with E-state index in [0.717, 1.165) is 12.0 Å². The summed E-state index contributed by atoms with van der Waals surface area (Å²) in [4.78, 5) is 71.8. The third kappa shape index (κ3) is 14.3. The van der Waals surface area contributed by atoms with E-state index >= 15 is 0 Å². The van der Waals surface area contributed by atoms with Gasteiger partial charge in [0.25, 0.3) is 11.7 Å². The Morgan fingerprint density at radius 3 is 2.25 bits per heavy atom. The summed E-state index contributed by atoms with van der Waals surface area (Å²) in [6.45, 7) is 12.7. The van der Waals surface area contributed by atoms with Crippen molar-refractivity contribution in [3.63, 3.8) is 0 Å². The summed E-state index contributed by atoms with van der Waals surface area (Å²) in [7, 11) is 4.52. The van der Waals surface area contributed by atoms with Crippen molar-refractivity contribution < 1.29 is 63.0 Å². The van der Waals surface area contributed by atoms with Gasteiger partial charge in [0.2, 0.25) is 5.79 Å². The molecule has 3 fully saturated rings.